The Morgan fingerprint density at radius 3 is 2.44 bits per heavy atom. The van der Waals surface area contributed by atoms with Crippen molar-refractivity contribution in [3.05, 3.63) is 29.6 Å². The van der Waals surface area contributed by atoms with E-state index in [0.717, 1.165) is 12.1 Å². The smallest absolute Gasteiger partial charge is 0.251 e. The van der Waals surface area contributed by atoms with Crippen molar-refractivity contribution in [1.29, 1.82) is 0 Å². The van der Waals surface area contributed by atoms with Crippen molar-refractivity contribution in [3.8, 4) is 0 Å². The maximum atomic E-state index is 13.2. The van der Waals surface area contributed by atoms with Gasteiger partial charge in [0.05, 0.1) is 12.1 Å². The van der Waals surface area contributed by atoms with Crippen LogP contribution in [0, 0.1) is 5.82 Å². The number of rotatable bonds is 5. The fraction of sp³-hybridized carbons (Fsp3) is 0.462. The van der Waals surface area contributed by atoms with Gasteiger partial charge in [-0.2, -0.15) is 0 Å². The molecule has 0 saturated carbocycles. The second-order valence-corrected chi connectivity index (χ2v) is 4.37. The van der Waals surface area contributed by atoms with Gasteiger partial charge in [0.2, 0.25) is 0 Å². The monoisotopic (exact) mass is 254 g/mol. The number of carbonyl (C=O) groups excluding carboxylic acids is 1. The summed E-state index contributed by atoms with van der Waals surface area (Å²) in [7, 11) is 0. The van der Waals surface area contributed by atoms with Crippen molar-refractivity contribution < 1.29 is 14.3 Å². The number of nitrogen functional groups attached to an aromatic ring is 1. The van der Waals surface area contributed by atoms with Crippen LogP contribution in [0.5, 0.6) is 0 Å². The summed E-state index contributed by atoms with van der Waals surface area (Å²) in [6.07, 6.45) is 1.19. The molecule has 0 aliphatic heterocycles. The molecule has 1 rings (SSSR count). The molecule has 1 aromatic rings. The summed E-state index contributed by atoms with van der Waals surface area (Å²) in [5.41, 5.74) is 5.18. The van der Waals surface area contributed by atoms with E-state index < -0.39 is 17.3 Å². The van der Waals surface area contributed by atoms with Gasteiger partial charge in [-0.25, -0.2) is 4.39 Å². The Balaban J connectivity index is 2.94. The first-order valence-corrected chi connectivity index (χ1v) is 5.95. The lowest BCUT2D eigenvalue weighted by Crippen LogP contribution is -2.50. The molecule has 0 saturated heterocycles. The molecule has 4 N–H and O–H groups in total. The van der Waals surface area contributed by atoms with Gasteiger partial charge in [0.1, 0.15) is 5.82 Å². The van der Waals surface area contributed by atoms with E-state index in [0.29, 0.717) is 12.8 Å². The van der Waals surface area contributed by atoms with E-state index >= 15 is 0 Å². The summed E-state index contributed by atoms with van der Waals surface area (Å²) < 4.78 is 13.2. The molecule has 18 heavy (non-hydrogen) atoms. The third-order valence-electron chi connectivity index (χ3n) is 3.22. The van der Waals surface area contributed by atoms with E-state index in [-0.39, 0.29) is 17.9 Å². The number of benzene rings is 1. The number of halogens is 1. The van der Waals surface area contributed by atoms with E-state index in [2.05, 4.69) is 5.32 Å². The van der Waals surface area contributed by atoms with E-state index in [1.54, 1.807) is 0 Å². The van der Waals surface area contributed by atoms with E-state index in [1.807, 2.05) is 13.8 Å². The SMILES string of the molecule is CCC(CC)(CO)NC(=O)c1cc(N)cc(F)c1. The average Bonchev–Trinajstić information content (AvgIpc) is 2.35. The van der Waals surface area contributed by atoms with Gasteiger partial charge in [-0.15, -0.1) is 0 Å². The summed E-state index contributed by atoms with van der Waals surface area (Å²) in [6, 6.07) is 3.68. The van der Waals surface area contributed by atoms with Crippen LogP contribution in [0.15, 0.2) is 18.2 Å². The topological polar surface area (TPSA) is 75.3 Å². The highest BCUT2D eigenvalue weighted by atomic mass is 19.1. The minimum Gasteiger partial charge on any atom is -0.399 e. The number of nitrogens with one attached hydrogen (secondary N) is 1. The van der Waals surface area contributed by atoms with Crippen molar-refractivity contribution in [2.24, 2.45) is 0 Å². The van der Waals surface area contributed by atoms with Crippen molar-refractivity contribution in [2.75, 3.05) is 12.3 Å². The zero-order chi connectivity index (χ0) is 13.8. The number of aliphatic hydroxyl groups excluding tert-OH is 1. The summed E-state index contributed by atoms with van der Waals surface area (Å²) >= 11 is 0. The van der Waals surface area contributed by atoms with Crippen LogP contribution in [-0.4, -0.2) is 23.2 Å². The van der Waals surface area contributed by atoms with E-state index in [4.69, 9.17) is 5.73 Å². The fourth-order valence-corrected chi connectivity index (χ4v) is 1.75. The Labute approximate surface area is 106 Å². The summed E-state index contributed by atoms with van der Waals surface area (Å²) in [6.45, 7) is 3.59. The quantitative estimate of drug-likeness (QED) is 0.700. The van der Waals surface area contributed by atoms with Crippen LogP contribution < -0.4 is 11.1 Å². The van der Waals surface area contributed by atoms with Gasteiger partial charge in [0.25, 0.3) is 5.91 Å². The lowest BCUT2D eigenvalue weighted by molar-refractivity contribution is 0.0817. The van der Waals surface area contributed by atoms with Crippen LogP contribution in [0.4, 0.5) is 10.1 Å². The van der Waals surface area contributed by atoms with Gasteiger partial charge < -0.3 is 16.2 Å². The highest BCUT2D eigenvalue weighted by Crippen LogP contribution is 2.17. The second-order valence-electron chi connectivity index (χ2n) is 4.37. The van der Waals surface area contributed by atoms with Gasteiger partial charge in [0, 0.05) is 11.3 Å². The standard InChI is InChI=1S/C13H19FN2O2/c1-3-13(4-2,8-17)16-12(18)9-5-10(14)7-11(15)6-9/h5-7,17H,3-4,8,15H2,1-2H3,(H,16,18). The summed E-state index contributed by atoms with van der Waals surface area (Å²) in [4.78, 5) is 12.0. The number of anilines is 1. The molecule has 0 aliphatic carbocycles. The first-order valence-electron chi connectivity index (χ1n) is 5.95. The molecule has 5 heteroatoms. The summed E-state index contributed by atoms with van der Waals surface area (Å²) in [5, 5.41) is 12.1. The minimum absolute atomic E-state index is 0.156. The largest absolute Gasteiger partial charge is 0.399 e. The Kier molecular flexibility index (Phi) is 4.67. The summed E-state index contributed by atoms with van der Waals surface area (Å²) in [5.74, 6) is -0.985. The van der Waals surface area contributed by atoms with Gasteiger partial charge in [0.15, 0.2) is 0 Å². The Morgan fingerprint density at radius 2 is 2.00 bits per heavy atom. The molecular weight excluding hydrogens is 235 g/mol. The van der Waals surface area contributed by atoms with Crippen LogP contribution in [-0.2, 0) is 0 Å². The average molecular weight is 254 g/mol. The molecule has 0 spiro atoms. The lowest BCUT2D eigenvalue weighted by atomic mass is 9.93. The van der Waals surface area contributed by atoms with Crippen LogP contribution in [0.3, 0.4) is 0 Å². The first-order chi connectivity index (χ1) is 8.46. The molecule has 1 aromatic carbocycles. The third kappa shape index (κ3) is 3.20. The van der Waals surface area contributed by atoms with E-state index in [1.165, 1.54) is 6.07 Å². The van der Waals surface area contributed by atoms with Crippen LogP contribution in [0.2, 0.25) is 0 Å². The molecule has 0 atom stereocenters. The number of hydrogen-bond donors (Lipinski definition) is 3. The second kappa shape index (κ2) is 5.82. The zero-order valence-electron chi connectivity index (χ0n) is 10.7. The third-order valence-corrected chi connectivity index (χ3v) is 3.22. The van der Waals surface area contributed by atoms with Crippen molar-refractivity contribution in [3.63, 3.8) is 0 Å². The normalized spacial score (nSPS) is 11.3. The molecule has 100 valence electrons. The molecule has 0 aliphatic rings. The number of aliphatic hydroxyl groups is 1. The first kappa shape index (κ1) is 14.4. The van der Waals surface area contributed by atoms with Gasteiger partial charge in [-0.05, 0) is 31.0 Å². The molecule has 0 aromatic heterocycles. The van der Waals surface area contributed by atoms with Gasteiger partial charge in [-0.3, -0.25) is 4.79 Å². The maximum absolute atomic E-state index is 13.2. The van der Waals surface area contributed by atoms with Gasteiger partial charge >= 0.3 is 0 Å². The Hall–Kier alpha value is -1.62. The molecular formula is C13H19FN2O2. The van der Waals surface area contributed by atoms with Crippen LogP contribution in [0.25, 0.3) is 0 Å². The van der Waals surface area contributed by atoms with E-state index in [9.17, 15) is 14.3 Å². The van der Waals surface area contributed by atoms with Crippen molar-refractivity contribution in [1.82, 2.24) is 5.32 Å². The molecule has 0 heterocycles. The number of carbonyl (C=O) groups is 1. The lowest BCUT2D eigenvalue weighted by Gasteiger charge is -2.30. The molecule has 0 radical (unpaired) electrons. The predicted octanol–water partition coefficient (Wildman–Crippen LogP) is 1.69. The van der Waals surface area contributed by atoms with Crippen molar-refractivity contribution >= 4 is 11.6 Å². The molecule has 4 nitrogen and oxygen atoms in total. The molecule has 0 fully saturated rings. The number of hydrogen-bond acceptors (Lipinski definition) is 3. The Bertz CT molecular complexity index is 402. The van der Waals surface area contributed by atoms with Gasteiger partial charge in [-0.1, -0.05) is 13.8 Å². The maximum Gasteiger partial charge on any atom is 0.251 e. The Morgan fingerprint density at radius 1 is 1.39 bits per heavy atom. The zero-order valence-corrected chi connectivity index (χ0v) is 10.7. The molecule has 0 unspecified atom stereocenters. The van der Waals surface area contributed by atoms with Crippen LogP contribution in [0.1, 0.15) is 37.0 Å². The fourth-order valence-electron chi connectivity index (χ4n) is 1.75. The molecule has 0 bridgehead atoms. The minimum atomic E-state index is -0.668. The molecule has 1 amide bonds. The van der Waals surface area contributed by atoms with Crippen molar-refractivity contribution in [2.45, 2.75) is 32.2 Å². The highest BCUT2D eigenvalue weighted by molar-refractivity contribution is 5.95. The predicted molar refractivity (Wildman–Crippen MR) is 68.7 cm³/mol. The van der Waals surface area contributed by atoms with Crippen LogP contribution >= 0.6 is 0 Å². The number of amides is 1. The number of nitrogens with two attached hydrogens (primary N) is 1. The highest BCUT2D eigenvalue weighted by Gasteiger charge is 2.27.